The first-order valence-electron chi connectivity index (χ1n) is 7.18. The van der Waals surface area contributed by atoms with Crippen molar-refractivity contribution in [3.8, 4) is 0 Å². The third kappa shape index (κ3) is 5.26. The van der Waals surface area contributed by atoms with Crippen molar-refractivity contribution in [1.82, 2.24) is 4.90 Å². The second-order valence-electron chi connectivity index (χ2n) is 5.14. The Kier molecular flexibility index (Phi) is 5.87. The number of imide groups is 1. The lowest BCUT2D eigenvalue weighted by atomic mass is 10.3. The van der Waals surface area contributed by atoms with E-state index < -0.39 is 17.8 Å². The Morgan fingerprint density at radius 2 is 1.79 bits per heavy atom. The van der Waals surface area contributed by atoms with E-state index in [2.05, 4.69) is 5.32 Å². The minimum Gasteiger partial charge on any atom is -0.325 e. The van der Waals surface area contributed by atoms with E-state index >= 15 is 0 Å². The molecule has 1 fully saturated rings. The Hall–Kier alpha value is -2.03. The molecule has 1 aromatic rings. The molecule has 2 rings (SSSR count). The van der Waals surface area contributed by atoms with E-state index in [9.17, 15) is 27.6 Å². The first-order valence-corrected chi connectivity index (χ1v) is 8.16. The summed E-state index contributed by atoms with van der Waals surface area (Å²) in [6, 6.07) is 6.17. The second kappa shape index (κ2) is 7.69. The average molecular weight is 360 g/mol. The fraction of sp³-hybridized carbons (Fsp3) is 0.400. The van der Waals surface area contributed by atoms with E-state index in [1.807, 2.05) is 0 Å². The van der Waals surface area contributed by atoms with Gasteiger partial charge in [-0.3, -0.25) is 19.3 Å². The molecule has 0 atom stereocenters. The normalized spacial score (nSPS) is 15.0. The number of halogens is 3. The smallest absolute Gasteiger partial charge is 0.325 e. The minimum absolute atomic E-state index is 0.0264. The molecule has 0 saturated carbocycles. The van der Waals surface area contributed by atoms with Gasteiger partial charge in [0.05, 0.1) is 11.4 Å². The summed E-state index contributed by atoms with van der Waals surface area (Å²) in [6.07, 6.45) is -4.11. The van der Waals surface area contributed by atoms with Crippen molar-refractivity contribution in [3.63, 3.8) is 0 Å². The number of hydrogen-bond acceptors (Lipinski definition) is 4. The van der Waals surface area contributed by atoms with Crippen LogP contribution in [0.3, 0.4) is 0 Å². The molecule has 1 aliphatic heterocycles. The van der Waals surface area contributed by atoms with Crippen LogP contribution >= 0.6 is 11.8 Å². The number of rotatable bonds is 6. The highest BCUT2D eigenvalue weighted by atomic mass is 32.2. The zero-order chi connectivity index (χ0) is 17.7. The van der Waals surface area contributed by atoms with E-state index in [1.54, 1.807) is 12.1 Å². The topological polar surface area (TPSA) is 66.5 Å². The molecule has 0 spiro atoms. The van der Waals surface area contributed by atoms with Gasteiger partial charge in [0.15, 0.2) is 0 Å². The summed E-state index contributed by atoms with van der Waals surface area (Å²) in [4.78, 5) is 36.2. The summed E-state index contributed by atoms with van der Waals surface area (Å²) in [5, 5.41) is 2.52. The van der Waals surface area contributed by atoms with Crippen molar-refractivity contribution >= 4 is 35.2 Å². The number of alkyl halides is 3. The predicted octanol–water partition coefficient (Wildman–Crippen LogP) is 2.82. The number of carbonyl (C=O) groups is 3. The molecule has 9 heteroatoms. The van der Waals surface area contributed by atoms with Gasteiger partial charge in [-0.05, 0) is 12.1 Å². The molecule has 0 aromatic heterocycles. The van der Waals surface area contributed by atoms with E-state index in [0.717, 1.165) is 4.90 Å². The van der Waals surface area contributed by atoms with Gasteiger partial charge in [-0.25, -0.2) is 0 Å². The molecule has 3 amide bonds. The summed E-state index contributed by atoms with van der Waals surface area (Å²) in [5.41, 5.74) is 0.274. The number of thioether (sulfide) groups is 1. The molecule has 1 aliphatic rings. The maximum atomic E-state index is 12.3. The highest BCUT2D eigenvalue weighted by Crippen LogP contribution is 2.32. The van der Waals surface area contributed by atoms with E-state index in [1.165, 1.54) is 12.1 Å². The first kappa shape index (κ1) is 18.3. The predicted molar refractivity (Wildman–Crippen MR) is 82.4 cm³/mol. The summed E-state index contributed by atoms with van der Waals surface area (Å²) in [5.74, 6) is -2.15. The second-order valence-corrected chi connectivity index (χ2v) is 6.15. The molecule has 0 bridgehead atoms. The molecule has 0 unspecified atom stereocenters. The number of hydrogen-bond donors (Lipinski definition) is 1. The molecule has 1 heterocycles. The third-order valence-electron chi connectivity index (χ3n) is 3.27. The van der Waals surface area contributed by atoms with Crippen molar-refractivity contribution in [2.75, 3.05) is 17.6 Å². The van der Waals surface area contributed by atoms with Gasteiger partial charge in [0, 0.05) is 30.7 Å². The van der Waals surface area contributed by atoms with Gasteiger partial charge in [0.25, 0.3) is 0 Å². The van der Waals surface area contributed by atoms with Crippen LogP contribution in [0.15, 0.2) is 29.2 Å². The van der Waals surface area contributed by atoms with Gasteiger partial charge in [0.2, 0.25) is 17.7 Å². The number of nitrogens with zero attached hydrogens (tertiary/aromatic N) is 1. The van der Waals surface area contributed by atoms with Gasteiger partial charge >= 0.3 is 6.18 Å². The van der Waals surface area contributed by atoms with Gasteiger partial charge in [-0.2, -0.15) is 13.2 Å². The lowest BCUT2D eigenvalue weighted by Crippen LogP contribution is -2.32. The van der Waals surface area contributed by atoms with Crippen LogP contribution in [0.5, 0.6) is 0 Å². The Morgan fingerprint density at radius 1 is 1.17 bits per heavy atom. The highest BCUT2D eigenvalue weighted by Gasteiger charge is 2.29. The molecular formula is C15H15F3N2O3S. The van der Waals surface area contributed by atoms with E-state index in [-0.39, 0.29) is 43.3 Å². The van der Waals surface area contributed by atoms with Crippen LogP contribution < -0.4 is 5.32 Å². The first-order chi connectivity index (χ1) is 11.3. The van der Waals surface area contributed by atoms with Crippen molar-refractivity contribution in [1.29, 1.82) is 0 Å². The number of amides is 3. The van der Waals surface area contributed by atoms with Crippen molar-refractivity contribution in [3.05, 3.63) is 24.3 Å². The Bertz CT molecular complexity index is 633. The fourth-order valence-electron chi connectivity index (χ4n) is 2.15. The standard InChI is InChI=1S/C15H15F3N2O3S/c16-15(17,18)9-24-11-4-2-1-3-10(11)19-12(21)7-8-20-13(22)5-6-14(20)23/h1-4H,5-9H2,(H,19,21). The zero-order valence-corrected chi connectivity index (χ0v) is 13.4. The molecule has 1 N–H and O–H groups in total. The number of para-hydroxylation sites is 1. The van der Waals surface area contributed by atoms with Crippen molar-refractivity contribution < 1.29 is 27.6 Å². The van der Waals surface area contributed by atoms with Crippen LogP contribution in [0.4, 0.5) is 18.9 Å². The Labute approximate surface area is 140 Å². The quantitative estimate of drug-likeness (QED) is 0.626. The van der Waals surface area contributed by atoms with Crippen molar-refractivity contribution in [2.45, 2.75) is 30.3 Å². The number of nitrogens with one attached hydrogen (secondary N) is 1. The summed E-state index contributed by atoms with van der Waals surface area (Å²) >= 11 is 0.582. The molecule has 1 saturated heterocycles. The summed E-state index contributed by atoms with van der Waals surface area (Å²) < 4.78 is 37.0. The van der Waals surface area contributed by atoms with Crippen LogP contribution in [-0.4, -0.2) is 41.1 Å². The third-order valence-corrected chi connectivity index (χ3v) is 4.41. The maximum Gasteiger partial charge on any atom is 0.398 e. The van der Waals surface area contributed by atoms with Gasteiger partial charge in [0.1, 0.15) is 0 Å². The van der Waals surface area contributed by atoms with Gasteiger partial charge in [-0.1, -0.05) is 12.1 Å². The molecule has 0 aliphatic carbocycles. The SMILES string of the molecule is O=C(CCN1C(=O)CCC1=O)Nc1ccccc1SCC(F)(F)F. The Balaban J connectivity index is 1.91. The molecular weight excluding hydrogens is 345 g/mol. The van der Waals surface area contributed by atoms with Crippen molar-refractivity contribution in [2.24, 2.45) is 0 Å². The van der Waals surface area contributed by atoms with E-state index in [0.29, 0.717) is 16.7 Å². The van der Waals surface area contributed by atoms with Crippen LogP contribution in [0.2, 0.25) is 0 Å². The van der Waals surface area contributed by atoms with Crippen LogP contribution in [0.1, 0.15) is 19.3 Å². The van der Waals surface area contributed by atoms with Gasteiger partial charge in [-0.15, -0.1) is 11.8 Å². The summed E-state index contributed by atoms with van der Waals surface area (Å²) in [6.45, 7) is -0.0264. The minimum atomic E-state index is -4.31. The lowest BCUT2D eigenvalue weighted by molar-refractivity contribution is -0.138. The number of carbonyl (C=O) groups excluding carboxylic acids is 3. The molecule has 0 radical (unpaired) electrons. The number of benzene rings is 1. The number of likely N-dealkylation sites (tertiary alicyclic amines) is 1. The van der Waals surface area contributed by atoms with Crippen LogP contribution in [0.25, 0.3) is 0 Å². The summed E-state index contributed by atoms with van der Waals surface area (Å²) in [7, 11) is 0. The Morgan fingerprint density at radius 3 is 2.42 bits per heavy atom. The van der Waals surface area contributed by atoms with Gasteiger partial charge < -0.3 is 5.32 Å². The molecule has 130 valence electrons. The van der Waals surface area contributed by atoms with Crippen LogP contribution in [-0.2, 0) is 14.4 Å². The molecule has 1 aromatic carbocycles. The number of anilines is 1. The molecule has 24 heavy (non-hydrogen) atoms. The monoisotopic (exact) mass is 360 g/mol. The molecule has 5 nitrogen and oxygen atoms in total. The zero-order valence-electron chi connectivity index (χ0n) is 12.6. The highest BCUT2D eigenvalue weighted by molar-refractivity contribution is 7.99. The fourth-order valence-corrected chi connectivity index (χ4v) is 2.92. The maximum absolute atomic E-state index is 12.3. The largest absolute Gasteiger partial charge is 0.398 e. The van der Waals surface area contributed by atoms with E-state index in [4.69, 9.17) is 0 Å². The van der Waals surface area contributed by atoms with Crippen LogP contribution in [0, 0.1) is 0 Å². The average Bonchev–Trinajstić information content (AvgIpc) is 2.82. The lowest BCUT2D eigenvalue weighted by Gasteiger charge is -2.14.